The molecule has 1 aliphatic carbocycles. The van der Waals surface area contributed by atoms with Gasteiger partial charge in [0.2, 0.25) is 0 Å². The third kappa shape index (κ3) is 2.23. The van der Waals surface area contributed by atoms with Gasteiger partial charge in [0.25, 0.3) is 0 Å². The van der Waals surface area contributed by atoms with E-state index in [0.29, 0.717) is 12.6 Å². The molecule has 1 heterocycles. The van der Waals surface area contributed by atoms with Crippen LogP contribution in [0.15, 0.2) is 6.20 Å². The van der Waals surface area contributed by atoms with Crippen molar-refractivity contribution in [2.45, 2.75) is 51.5 Å². The Kier molecular flexibility index (Phi) is 2.59. The number of hydrogen-bond donors (Lipinski definition) is 1. The molecule has 3 nitrogen and oxygen atoms in total. The lowest BCUT2D eigenvalue weighted by Gasteiger charge is -2.19. The summed E-state index contributed by atoms with van der Waals surface area (Å²) in [7, 11) is 0. The summed E-state index contributed by atoms with van der Waals surface area (Å²) in [5.41, 5.74) is 6.85. The van der Waals surface area contributed by atoms with Crippen molar-refractivity contribution in [2.75, 3.05) is 6.54 Å². The monoisotopic (exact) mass is 207 g/mol. The van der Waals surface area contributed by atoms with Crippen LogP contribution in [0.3, 0.4) is 0 Å². The number of nitrogens with zero attached hydrogens (tertiary/aromatic N) is 2. The van der Waals surface area contributed by atoms with E-state index in [4.69, 9.17) is 10.7 Å². The van der Waals surface area contributed by atoms with E-state index in [1.54, 1.807) is 0 Å². The van der Waals surface area contributed by atoms with E-state index in [1.165, 1.54) is 18.7 Å². The SMILES string of the molecule is CC(C)(C)c1nc(CCN)cn1C1CC1. The molecule has 1 aromatic heterocycles. The molecule has 0 radical (unpaired) electrons. The lowest BCUT2D eigenvalue weighted by molar-refractivity contribution is 0.501. The van der Waals surface area contributed by atoms with Crippen LogP contribution < -0.4 is 5.73 Å². The minimum atomic E-state index is 0.134. The van der Waals surface area contributed by atoms with Crippen LogP contribution in [0.1, 0.15) is 51.2 Å². The molecule has 0 aromatic carbocycles. The Morgan fingerprint density at radius 1 is 1.47 bits per heavy atom. The molecule has 15 heavy (non-hydrogen) atoms. The molecular weight excluding hydrogens is 186 g/mol. The fourth-order valence-electron chi connectivity index (χ4n) is 1.90. The number of hydrogen-bond acceptors (Lipinski definition) is 2. The Morgan fingerprint density at radius 3 is 2.60 bits per heavy atom. The second-order valence-corrected chi connectivity index (χ2v) is 5.48. The van der Waals surface area contributed by atoms with Gasteiger partial charge in [-0.3, -0.25) is 0 Å². The van der Waals surface area contributed by atoms with E-state index in [1.807, 2.05) is 0 Å². The van der Waals surface area contributed by atoms with Crippen LogP contribution in [-0.2, 0) is 11.8 Å². The predicted octanol–water partition coefficient (Wildman–Crippen LogP) is 2.02. The smallest absolute Gasteiger partial charge is 0.114 e. The summed E-state index contributed by atoms with van der Waals surface area (Å²) in [6.07, 6.45) is 5.71. The highest BCUT2D eigenvalue weighted by Crippen LogP contribution is 2.38. The zero-order valence-corrected chi connectivity index (χ0v) is 9.95. The molecule has 0 bridgehead atoms. The van der Waals surface area contributed by atoms with Gasteiger partial charge < -0.3 is 10.3 Å². The normalized spacial score (nSPS) is 17.1. The standard InChI is InChI=1S/C12H21N3/c1-12(2,3)11-14-9(6-7-13)8-15(11)10-4-5-10/h8,10H,4-7,13H2,1-3H3. The molecule has 1 aliphatic rings. The summed E-state index contributed by atoms with van der Waals surface area (Å²) >= 11 is 0. The maximum Gasteiger partial charge on any atom is 0.114 e. The highest BCUT2D eigenvalue weighted by molar-refractivity contribution is 5.14. The van der Waals surface area contributed by atoms with E-state index in [0.717, 1.165) is 12.1 Å². The molecule has 2 rings (SSSR count). The first-order valence-electron chi connectivity index (χ1n) is 5.80. The van der Waals surface area contributed by atoms with Gasteiger partial charge in [0.15, 0.2) is 0 Å². The third-order valence-electron chi connectivity index (χ3n) is 2.79. The van der Waals surface area contributed by atoms with E-state index in [-0.39, 0.29) is 5.41 Å². The van der Waals surface area contributed by atoms with Crippen LogP contribution in [-0.4, -0.2) is 16.1 Å². The number of nitrogens with two attached hydrogens (primary N) is 1. The van der Waals surface area contributed by atoms with Gasteiger partial charge in [-0.05, 0) is 19.4 Å². The molecule has 0 aliphatic heterocycles. The van der Waals surface area contributed by atoms with Gasteiger partial charge in [-0.2, -0.15) is 0 Å². The summed E-state index contributed by atoms with van der Waals surface area (Å²) < 4.78 is 2.37. The average molecular weight is 207 g/mol. The van der Waals surface area contributed by atoms with Crippen molar-refractivity contribution >= 4 is 0 Å². The van der Waals surface area contributed by atoms with Gasteiger partial charge in [0.1, 0.15) is 5.82 Å². The lowest BCUT2D eigenvalue weighted by atomic mass is 9.95. The van der Waals surface area contributed by atoms with Crippen LogP contribution >= 0.6 is 0 Å². The van der Waals surface area contributed by atoms with E-state index in [2.05, 4.69) is 31.5 Å². The fourth-order valence-corrected chi connectivity index (χ4v) is 1.90. The quantitative estimate of drug-likeness (QED) is 0.824. The third-order valence-corrected chi connectivity index (χ3v) is 2.79. The van der Waals surface area contributed by atoms with Gasteiger partial charge >= 0.3 is 0 Å². The van der Waals surface area contributed by atoms with Gasteiger partial charge in [0, 0.05) is 24.1 Å². The molecule has 1 aromatic rings. The summed E-state index contributed by atoms with van der Waals surface area (Å²) in [6.45, 7) is 7.35. The Morgan fingerprint density at radius 2 is 2.13 bits per heavy atom. The molecule has 1 fully saturated rings. The zero-order valence-electron chi connectivity index (χ0n) is 9.95. The van der Waals surface area contributed by atoms with Crippen LogP contribution in [0, 0.1) is 0 Å². The van der Waals surface area contributed by atoms with E-state index < -0.39 is 0 Å². The predicted molar refractivity (Wildman–Crippen MR) is 62.0 cm³/mol. The Labute approximate surface area is 91.7 Å². The summed E-state index contributed by atoms with van der Waals surface area (Å²) in [5.74, 6) is 1.22. The van der Waals surface area contributed by atoms with Gasteiger partial charge in [0.05, 0.1) is 5.69 Å². The first-order valence-corrected chi connectivity index (χ1v) is 5.80. The molecule has 0 amide bonds. The fraction of sp³-hybridized carbons (Fsp3) is 0.750. The van der Waals surface area contributed by atoms with Crippen molar-refractivity contribution in [3.8, 4) is 0 Å². The first kappa shape index (κ1) is 10.7. The van der Waals surface area contributed by atoms with Gasteiger partial charge in [-0.1, -0.05) is 20.8 Å². The van der Waals surface area contributed by atoms with Gasteiger partial charge in [-0.15, -0.1) is 0 Å². The molecule has 3 heteroatoms. The second kappa shape index (κ2) is 3.63. The van der Waals surface area contributed by atoms with E-state index in [9.17, 15) is 0 Å². The molecule has 0 saturated heterocycles. The number of rotatable bonds is 3. The van der Waals surface area contributed by atoms with Crippen molar-refractivity contribution in [2.24, 2.45) is 5.73 Å². The highest BCUT2D eigenvalue weighted by atomic mass is 15.1. The summed E-state index contributed by atoms with van der Waals surface area (Å²) in [5, 5.41) is 0. The lowest BCUT2D eigenvalue weighted by Crippen LogP contribution is -2.18. The maximum atomic E-state index is 5.57. The van der Waals surface area contributed by atoms with Crippen molar-refractivity contribution < 1.29 is 0 Å². The molecule has 84 valence electrons. The first-order chi connectivity index (χ1) is 7.02. The Bertz CT molecular complexity index is 342. The minimum absolute atomic E-state index is 0.134. The Balaban J connectivity index is 2.33. The highest BCUT2D eigenvalue weighted by Gasteiger charge is 2.30. The molecule has 0 atom stereocenters. The van der Waals surface area contributed by atoms with Crippen LogP contribution in [0.25, 0.3) is 0 Å². The van der Waals surface area contributed by atoms with Crippen molar-refractivity contribution in [3.05, 3.63) is 17.7 Å². The van der Waals surface area contributed by atoms with Crippen molar-refractivity contribution in [1.29, 1.82) is 0 Å². The zero-order chi connectivity index (χ0) is 11.1. The van der Waals surface area contributed by atoms with Crippen LogP contribution in [0.5, 0.6) is 0 Å². The minimum Gasteiger partial charge on any atom is -0.331 e. The van der Waals surface area contributed by atoms with E-state index >= 15 is 0 Å². The van der Waals surface area contributed by atoms with Crippen molar-refractivity contribution in [3.63, 3.8) is 0 Å². The summed E-state index contributed by atoms with van der Waals surface area (Å²) in [4.78, 5) is 4.72. The maximum absolute atomic E-state index is 5.57. The molecular formula is C12H21N3. The van der Waals surface area contributed by atoms with Crippen LogP contribution in [0.4, 0.5) is 0 Å². The molecule has 0 spiro atoms. The molecule has 1 saturated carbocycles. The topological polar surface area (TPSA) is 43.8 Å². The average Bonchev–Trinajstić information content (AvgIpc) is 2.87. The number of aromatic nitrogens is 2. The number of imidazole rings is 1. The Hall–Kier alpha value is -0.830. The largest absolute Gasteiger partial charge is 0.331 e. The molecule has 2 N–H and O–H groups in total. The summed E-state index contributed by atoms with van der Waals surface area (Å²) in [6, 6.07) is 0.707. The van der Waals surface area contributed by atoms with Crippen LogP contribution in [0.2, 0.25) is 0 Å². The second-order valence-electron chi connectivity index (χ2n) is 5.48. The van der Waals surface area contributed by atoms with Gasteiger partial charge in [-0.25, -0.2) is 4.98 Å². The van der Waals surface area contributed by atoms with Crippen molar-refractivity contribution in [1.82, 2.24) is 9.55 Å². The molecule has 0 unspecified atom stereocenters.